The van der Waals surface area contributed by atoms with E-state index in [-0.39, 0.29) is 0 Å². The van der Waals surface area contributed by atoms with Crippen LogP contribution in [0.3, 0.4) is 0 Å². The van der Waals surface area contributed by atoms with Crippen LogP contribution in [0.25, 0.3) is 11.0 Å². The van der Waals surface area contributed by atoms with Crippen LogP contribution in [-0.2, 0) is 20.8 Å². The Morgan fingerprint density at radius 1 is 1.21 bits per heavy atom. The molecule has 0 radical (unpaired) electrons. The Morgan fingerprint density at radius 2 is 1.93 bits per heavy atom. The van der Waals surface area contributed by atoms with Gasteiger partial charge in [-0.2, -0.15) is 0 Å². The summed E-state index contributed by atoms with van der Waals surface area (Å²) in [7, 11) is 0. The first-order chi connectivity index (χ1) is 13.7. The van der Waals surface area contributed by atoms with Crippen LogP contribution in [0.1, 0.15) is 31.4 Å². The molecular formula is C20H23N2O7-. The summed E-state index contributed by atoms with van der Waals surface area (Å²) in [6.07, 6.45) is 0.676. The number of amides is 2. The van der Waals surface area contributed by atoms with E-state index >= 15 is 0 Å². The molecule has 2 amide bonds. The number of carbonyl (C=O) groups is 3. The van der Waals surface area contributed by atoms with Gasteiger partial charge in [-0.15, -0.1) is 0 Å². The molecular weight excluding hydrogens is 380 g/mol. The molecule has 0 saturated carbocycles. The molecule has 2 N–H and O–H groups in total. The normalized spacial score (nSPS) is 11.7. The molecule has 0 aliphatic carbocycles. The van der Waals surface area contributed by atoms with Gasteiger partial charge in [-0.1, -0.05) is 13.3 Å². The van der Waals surface area contributed by atoms with Crippen LogP contribution < -0.4 is 26.1 Å². The Bertz CT molecular complexity index is 981. The number of ether oxygens (including phenoxy) is 1. The Labute approximate surface area is 167 Å². The minimum Gasteiger partial charge on any atom is -0.548 e. The standard InChI is InChI=1S/C20H24N2O7/c1-4-5-13-8-18(26)29-19-11(2)15(7-6-14(13)19)28-12(3)20(27)22-9-16(23)21-10-17(24)25/h6-8,12H,4-5,9-10H2,1-3H3,(H,21,23)(H,22,27)(H,24,25)/p-1/t12-/m0/s1. The van der Waals surface area contributed by atoms with Gasteiger partial charge in [-0.05, 0) is 38.0 Å². The van der Waals surface area contributed by atoms with Crippen molar-refractivity contribution in [3.05, 3.63) is 39.7 Å². The topological polar surface area (TPSA) is 138 Å². The van der Waals surface area contributed by atoms with E-state index in [2.05, 4.69) is 10.6 Å². The van der Waals surface area contributed by atoms with Crippen LogP contribution in [0.15, 0.2) is 27.4 Å². The third-order valence-electron chi connectivity index (χ3n) is 4.24. The first-order valence-electron chi connectivity index (χ1n) is 9.20. The maximum atomic E-state index is 12.1. The zero-order chi connectivity index (χ0) is 21.6. The fraction of sp³-hybridized carbons (Fsp3) is 0.400. The maximum absolute atomic E-state index is 12.1. The second-order valence-electron chi connectivity index (χ2n) is 6.53. The SMILES string of the molecule is CCCc1cc(=O)oc2c(C)c(O[C@@H](C)C(=O)NCC(=O)NCC(=O)[O-])ccc12. The van der Waals surface area contributed by atoms with E-state index in [9.17, 15) is 24.3 Å². The van der Waals surface area contributed by atoms with E-state index in [1.807, 2.05) is 6.92 Å². The summed E-state index contributed by atoms with van der Waals surface area (Å²) in [5.74, 6) is -2.28. The van der Waals surface area contributed by atoms with Gasteiger partial charge < -0.3 is 29.7 Å². The van der Waals surface area contributed by atoms with Gasteiger partial charge in [0, 0.05) is 17.0 Å². The molecule has 0 saturated heterocycles. The molecule has 1 aromatic carbocycles. The fourth-order valence-electron chi connectivity index (χ4n) is 2.80. The quantitative estimate of drug-likeness (QED) is 0.553. The minimum atomic E-state index is -1.43. The number of carbonyl (C=O) groups excluding carboxylic acids is 3. The molecule has 0 aliphatic rings. The molecule has 0 aliphatic heterocycles. The smallest absolute Gasteiger partial charge is 0.336 e. The molecule has 9 heteroatoms. The number of hydrogen-bond donors (Lipinski definition) is 2. The van der Waals surface area contributed by atoms with Crippen LogP contribution in [0.5, 0.6) is 5.75 Å². The van der Waals surface area contributed by atoms with Crippen molar-refractivity contribution in [2.24, 2.45) is 0 Å². The van der Waals surface area contributed by atoms with E-state index in [4.69, 9.17) is 9.15 Å². The number of carboxylic acids is 1. The van der Waals surface area contributed by atoms with Crippen molar-refractivity contribution in [3.63, 3.8) is 0 Å². The van der Waals surface area contributed by atoms with Gasteiger partial charge in [0.2, 0.25) is 5.91 Å². The predicted molar refractivity (Wildman–Crippen MR) is 102 cm³/mol. The van der Waals surface area contributed by atoms with Gasteiger partial charge in [-0.3, -0.25) is 9.59 Å². The van der Waals surface area contributed by atoms with Crippen LogP contribution >= 0.6 is 0 Å². The number of hydrogen-bond acceptors (Lipinski definition) is 7. The molecule has 1 atom stereocenters. The summed E-state index contributed by atoms with van der Waals surface area (Å²) in [4.78, 5) is 45.8. The van der Waals surface area contributed by atoms with Crippen molar-refractivity contribution in [3.8, 4) is 5.75 Å². The van der Waals surface area contributed by atoms with Gasteiger partial charge in [0.15, 0.2) is 6.10 Å². The third-order valence-corrected chi connectivity index (χ3v) is 4.24. The lowest BCUT2D eigenvalue weighted by molar-refractivity contribution is -0.304. The summed E-state index contributed by atoms with van der Waals surface area (Å²) < 4.78 is 11.0. The number of benzene rings is 1. The van der Waals surface area contributed by atoms with E-state index in [1.165, 1.54) is 13.0 Å². The fourth-order valence-corrected chi connectivity index (χ4v) is 2.80. The zero-order valence-corrected chi connectivity index (χ0v) is 16.5. The van der Waals surface area contributed by atoms with Gasteiger partial charge in [0.05, 0.1) is 19.1 Å². The summed E-state index contributed by atoms with van der Waals surface area (Å²) in [5, 5.41) is 15.5. The molecule has 1 aromatic heterocycles. The van der Waals surface area contributed by atoms with Crippen molar-refractivity contribution >= 4 is 28.8 Å². The Hall–Kier alpha value is -3.36. The second kappa shape index (κ2) is 9.72. The molecule has 0 bridgehead atoms. The monoisotopic (exact) mass is 403 g/mol. The minimum absolute atomic E-state index is 0.373. The highest BCUT2D eigenvalue weighted by Crippen LogP contribution is 2.29. The van der Waals surface area contributed by atoms with Gasteiger partial charge in [-0.25, -0.2) is 4.79 Å². The molecule has 2 aromatic rings. The van der Waals surface area contributed by atoms with Crippen molar-refractivity contribution in [2.75, 3.05) is 13.1 Å². The van der Waals surface area contributed by atoms with Crippen LogP contribution in [0, 0.1) is 6.92 Å². The van der Waals surface area contributed by atoms with Crippen molar-refractivity contribution in [2.45, 2.75) is 39.7 Å². The average Bonchev–Trinajstić information content (AvgIpc) is 2.67. The summed E-state index contributed by atoms with van der Waals surface area (Å²) in [6, 6.07) is 4.96. The molecule has 0 spiro atoms. The Balaban J connectivity index is 2.10. The molecule has 0 fully saturated rings. The van der Waals surface area contributed by atoms with E-state index in [0.29, 0.717) is 16.9 Å². The Morgan fingerprint density at radius 3 is 2.59 bits per heavy atom. The van der Waals surface area contributed by atoms with E-state index < -0.39 is 42.6 Å². The van der Waals surface area contributed by atoms with Gasteiger partial charge in [0.25, 0.3) is 5.91 Å². The number of aryl methyl sites for hydroxylation is 2. The summed E-state index contributed by atoms with van der Waals surface area (Å²) in [5.41, 5.74) is 1.44. The predicted octanol–water partition coefficient (Wildman–Crippen LogP) is -0.196. The molecule has 29 heavy (non-hydrogen) atoms. The number of carboxylic acid groups (broad SMARTS) is 1. The lowest BCUT2D eigenvalue weighted by atomic mass is 10.0. The lowest BCUT2D eigenvalue weighted by Crippen LogP contribution is -2.45. The van der Waals surface area contributed by atoms with Gasteiger partial charge >= 0.3 is 5.63 Å². The highest BCUT2D eigenvalue weighted by atomic mass is 16.5. The van der Waals surface area contributed by atoms with Crippen molar-refractivity contribution < 1.29 is 28.6 Å². The largest absolute Gasteiger partial charge is 0.548 e. The van der Waals surface area contributed by atoms with E-state index in [0.717, 1.165) is 23.8 Å². The zero-order valence-electron chi connectivity index (χ0n) is 16.5. The van der Waals surface area contributed by atoms with Crippen LogP contribution in [0.4, 0.5) is 0 Å². The number of rotatable bonds is 9. The second-order valence-corrected chi connectivity index (χ2v) is 6.53. The molecule has 9 nitrogen and oxygen atoms in total. The number of aliphatic carboxylic acids is 1. The summed E-state index contributed by atoms with van der Waals surface area (Å²) in [6.45, 7) is 4.22. The molecule has 1 heterocycles. The highest BCUT2D eigenvalue weighted by molar-refractivity contribution is 5.88. The average molecular weight is 403 g/mol. The number of fused-ring (bicyclic) bond motifs is 1. The molecule has 0 unspecified atom stereocenters. The molecule has 2 rings (SSSR count). The first kappa shape index (κ1) is 21.9. The Kier molecular flexibility index (Phi) is 7.35. The van der Waals surface area contributed by atoms with Crippen molar-refractivity contribution in [1.29, 1.82) is 0 Å². The summed E-state index contributed by atoms with van der Waals surface area (Å²) >= 11 is 0. The van der Waals surface area contributed by atoms with Crippen LogP contribution in [-0.4, -0.2) is 37.0 Å². The third kappa shape index (κ3) is 5.81. The maximum Gasteiger partial charge on any atom is 0.336 e. The van der Waals surface area contributed by atoms with Gasteiger partial charge in [0.1, 0.15) is 11.3 Å². The highest BCUT2D eigenvalue weighted by Gasteiger charge is 2.18. The molecule has 156 valence electrons. The first-order valence-corrected chi connectivity index (χ1v) is 9.20. The number of nitrogens with one attached hydrogen (secondary N) is 2. The van der Waals surface area contributed by atoms with Crippen molar-refractivity contribution in [1.82, 2.24) is 10.6 Å². The lowest BCUT2D eigenvalue weighted by Gasteiger charge is -2.17. The van der Waals surface area contributed by atoms with E-state index in [1.54, 1.807) is 19.1 Å². The van der Waals surface area contributed by atoms with Crippen LogP contribution in [0.2, 0.25) is 0 Å².